The topological polar surface area (TPSA) is 119 Å². The summed E-state index contributed by atoms with van der Waals surface area (Å²) in [4.78, 5) is 26.2. The van der Waals surface area contributed by atoms with E-state index in [1.807, 2.05) is 0 Å². The van der Waals surface area contributed by atoms with E-state index in [0.29, 0.717) is 44.0 Å². The van der Waals surface area contributed by atoms with Gasteiger partial charge in [-0.1, -0.05) is 13.8 Å². The molecule has 5 atom stereocenters. The van der Waals surface area contributed by atoms with Gasteiger partial charge in [0.1, 0.15) is 29.3 Å². The molecule has 3 saturated carbocycles. The van der Waals surface area contributed by atoms with Crippen molar-refractivity contribution in [3.05, 3.63) is 23.3 Å². The number of nitrogens with one attached hydrogen (secondary N) is 1. The van der Waals surface area contributed by atoms with E-state index in [4.69, 9.17) is 4.74 Å². The number of ether oxygens (including phenoxy) is 1. The summed E-state index contributed by atoms with van der Waals surface area (Å²) in [7, 11) is 0. The third-order valence-electron chi connectivity index (χ3n) is 8.51. The molecule has 1 aromatic rings. The van der Waals surface area contributed by atoms with Crippen LogP contribution in [0, 0.1) is 17.3 Å². The lowest BCUT2D eigenvalue weighted by molar-refractivity contribution is -0.289. The first-order valence-corrected chi connectivity index (χ1v) is 11.6. The summed E-state index contributed by atoms with van der Waals surface area (Å²) < 4.78 is 6.05. The van der Waals surface area contributed by atoms with Crippen molar-refractivity contribution in [2.75, 3.05) is 19.6 Å². The molecular formula is C24H32N2O6. The van der Waals surface area contributed by atoms with Gasteiger partial charge in [0.15, 0.2) is 0 Å². The van der Waals surface area contributed by atoms with E-state index < -0.39 is 23.7 Å². The Morgan fingerprint density at radius 2 is 2.09 bits per heavy atom. The van der Waals surface area contributed by atoms with E-state index >= 15 is 0 Å². The highest BCUT2D eigenvalue weighted by atomic mass is 16.5. The van der Waals surface area contributed by atoms with Crippen molar-refractivity contribution < 1.29 is 29.6 Å². The number of hydrogen-bond donors (Lipinski definition) is 4. The van der Waals surface area contributed by atoms with E-state index in [-0.39, 0.29) is 34.1 Å². The molecular weight excluding hydrogens is 412 g/mol. The fourth-order valence-corrected chi connectivity index (χ4v) is 6.41. The first-order chi connectivity index (χ1) is 15.2. The number of phenols is 1. The van der Waals surface area contributed by atoms with E-state index in [1.54, 1.807) is 11.0 Å². The molecule has 8 nitrogen and oxygen atoms in total. The molecule has 2 heterocycles. The second-order valence-electron chi connectivity index (χ2n) is 10.4. The van der Waals surface area contributed by atoms with Gasteiger partial charge in [0, 0.05) is 26.1 Å². The summed E-state index contributed by atoms with van der Waals surface area (Å²) in [5, 5.41) is 36.5. The lowest BCUT2D eigenvalue weighted by Gasteiger charge is -2.67. The molecule has 0 unspecified atom stereocenters. The van der Waals surface area contributed by atoms with E-state index in [9.17, 15) is 24.9 Å². The Morgan fingerprint density at radius 1 is 1.31 bits per heavy atom. The molecule has 32 heavy (non-hydrogen) atoms. The zero-order valence-corrected chi connectivity index (χ0v) is 18.6. The molecule has 6 rings (SSSR count). The van der Waals surface area contributed by atoms with E-state index in [2.05, 4.69) is 19.2 Å². The third-order valence-corrected chi connectivity index (χ3v) is 8.51. The third kappa shape index (κ3) is 2.95. The number of hydrogen-bond acceptors (Lipinski definition) is 6. The first-order valence-electron chi connectivity index (χ1n) is 11.6. The molecule has 3 aliphatic carbocycles. The molecule has 4 fully saturated rings. The van der Waals surface area contributed by atoms with E-state index in [1.165, 1.54) is 6.07 Å². The van der Waals surface area contributed by atoms with Crippen LogP contribution in [-0.4, -0.2) is 63.4 Å². The van der Waals surface area contributed by atoms with Gasteiger partial charge >= 0.3 is 0 Å². The molecule has 1 aromatic carbocycles. The van der Waals surface area contributed by atoms with Crippen LogP contribution in [0.5, 0.6) is 11.5 Å². The van der Waals surface area contributed by atoms with Crippen molar-refractivity contribution in [1.82, 2.24) is 10.2 Å². The maximum Gasteiger partial charge on any atom is 0.255 e. The van der Waals surface area contributed by atoms with E-state index in [0.717, 1.165) is 19.4 Å². The highest BCUT2D eigenvalue weighted by Crippen LogP contribution is 2.67. The second kappa shape index (κ2) is 7.35. The Kier molecular flexibility index (Phi) is 4.94. The number of rotatable bonds is 5. The predicted octanol–water partition coefficient (Wildman–Crippen LogP) is 1.73. The largest absolute Gasteiger partial charge is 0.507 e. The smallest absolute Gasteiger partial charge is 0.255 e. The molecule has 4 N–H and O–H groups in total. The molecule has 0 radical (unpaired) electrons. The zero-order chi connectivity index (χ0) is 22.8. The Balaban J connectivity index is 1.31. The number of aromatic hydroxyl groups is 1. The number of nitrogens with zero attached hydrogens (tertiary/aromatic N) is 1. The average Bonchev–Trinajstić information content (AvgIpc) is 3.16. The van der Waals surface area contributed by atoms with Crippen LogP contribution in [0.1, 0.15) is 68.0 Å². The fourth-order valence-electron chi connectivity index (χ4n) is 6.41. The lowest BCUT2D eigenvalue weighted by Crippen LogP contribution is -2.72. The summed E-state index contributed by atoms with van der Waals surface area (Å²) in [6.07, 6.45) is 1.68. The number of phenolic OH excluding ortho intramolecular Hbond substituents is 1. The van der Waals surface area contributed by atoms with Crippen LogP contribution < -0.4 is 10.1 Å². The molecule has 0 spiro atoms. The lowest BCUT2D eigenvalue weighted by atomic mass is 9.42. The summed E-state index contributed by atoms with van der Waals surface area (Å²) in [6, 6.07) is 3.07. The SMILES string of the molecule is CC1(C)[C@@H]2C[C@H]1[C@@]1(O)[C@@H](C2)Oc2ccc(C(=O)NCCCN3CCCC3=O)c(O)c2[C@@H]1O. The molecule has 1 saturated heterocycles. The Bertz CT molecular complexity index is 962. The molecule has 2 amide bonds. The number of benzene rings is 1. The molecule has 174 valence electrons. The molecule has 5 aliphatic rings. The minimum atomic E-state index is -1.50. The number of aliphatic hydroxyl groups is 2. The van der Waals surface area contributed by atoms with Gasteiger partial charge in [0.05, 0.1) is 11.1 Å². The minimum Gasteiger partial charge on any atom is -0.507 e. The van der Waals surface area contributed by atoms with Crippen LogP contribution in [0.2, 0.25) is 0 Å². The van der Waals surface area contributed by atoms with Crippen molar-refractivity contribution in [3.8, 4) is 11.5 Å². The number of fused-ring (bicyclic) bond motifs is 1. The van der Waals surface area contributed by atoms with Crippen molar-refractivity contribution >= 4 is 11.8 Å². The van der Waals surface area contributed by atoms with Crippen LogP contribution in [0.15, 0.2) is 12.1 Å². The molecule has 2 aliphatic heterocycles. The van der Waals surface area contributed by atoms with Crippen molar-refractivity contribution in [2.24, 2.45) is 17.3 Å². The normalized spacial score (nSPS) is 34.2. The van der Waals surface area contributed by atoms with Gasteiger partial charge in [0.2, 0.25) is 5.91 Å². The maximum absolute atomic E-state index is 12.7. The van der Waals surface area contributed by atoms with Crippen LogP contribution in [0.4, 0.5) is 0 Å². The summed E-state index contributed by atoms with van der Waals surface area (Å²) in [6.45, 7) is 5.92. The first kappa shape index (κ1) is 21.5. The number of aliphatic hydroxyl groups excluding tert-OH is 1. The monoisotopic (exact) mass is 444 g/mol. The van der Waals surface area contributed by atoms with Gasteiger partial charge in [0.25, 0.3) is 5.91 Å². The van der Waals surface area contributed by atoms with Crippen molar-refractivity contribution in [2.45, 2.75) is 63.8 Å². The zero-order valence-electron chi connectivity index (χ0n) is 18.6. The Morgan fingerprint density at radius 3 is 2.78 bits per heavy atom. The Hall–Kier alpha value is -2.32. The van der Waals surface area contributed by atoms with Gasteiger partial charge in [-0.3, -0.25) is 9.59 Å². The number of carbonyl (C=O) groups excluding carboxylic acids is 2. The number of amides is 2. The standard InChI is InChI=1S/C24H32N2O6/c1-23(2)13-11-16(23)24(31)17(12-13)32-15-7-6-14(20(28)19(15)21(24)29)22(30)25-8-4-10-26-9-3-5-18(26)27/h6-7,13,16-17,21,28-29,31H,3-5,8-12H2,1-2H3,(H,25,30)/t13-,16-,17-,21+,24-/m1/s1. The predicted molar refractivity (Wildman–Crippen MR) is 115 cm³/mol. The summed E-state index contributed by atoms with van der Waals surface area (Å²) in [5.41, 5.74) is -1.50. The van der Waals surface area contributed by atoms with Gasteiger partial charge in [-0.15, -0.1) is 0 Å². The Labute approximate surface area is 187 Å². The minimum absolute atomic E-state index is 0.0345. The van der Waals surface area contributed by atoms with Gasteiger partial charge in [-0.25, -0.2) is 0 Å². The summed E-state index contributed by atoms with van der Waals surface area (Å²) in [5.74, 6) is -0.0704. The van der Waals surface area contributed by atoms with Gasteiger partial charge in [-0.05, 0) is 55.1 Å². The molecule has 2 bridgehead atoms. The second-order valence-corrected chi connectivity index (χ2v) is 10.4. The summed E-state index contributed by atoms with van der Waals surface area (Å²) >= 11 is 0. The van der Waals surface area contributed by atoms with Crippen LogP contribution in [-0.2, 0) is 4.79 Å². The molecule has 8 heteroatoms. The fraction of sp³-hybridized carbons (Fsp3) is 0.667. The highest BCUT2D eigenvalue weighted by molar-refractivity contribution is 5.97. The quantitative estimate of drug-likeness (QED) is 0.514. The highest BCUT2D eigenvalue weighted by Gasteiger charge is 2.70. The van der Waals surface area contributed by atoms with Crippen LogP contribution in [0.25, 0.3) is 0 Å². The van der Waals surface area contributed by atoms with Crippen molar-refractivity contribution in [1.29, 1.82) is 0 Å². The average molecular weight is 445 g/mol. The number of likely N-dealkylation sites (tertiary alicyclic amines) is 1. The molecule has 0 aromatic heterocycles. The maximum atomic E-state index is 12.7. The van der Waals surface area contributed by atoms with Gasteiger partial charge in [-0.2, -0.15) is 0 Å². The van der Waals surface area contributed by atoms with Crippen molar-refractivity contribution in [3.63, 3.8) is 0 Å². The van der Waals surface area contributed by atoms with Crippen LogP contribution >= 0.6 is 0 Å². The van der Waals surface area contributed by atoms with Crippen LogP contribution in [0.3, 0.4) is 0 Å². The number of carbonyl (C=O) groups is 2. The van der Waals surface area contributed by atoms with Gasteiger partial charge < -0.3 is 30.3 Å².